The molecule has 1 aliphatic rings. The van der Waals surface area contributed by atoms with Gasteiger partial charge in [-0.25, -0.2) is 0 Å². The van der Waals surface area contributed by atoms with Crippen molar-refractivity contribution in [3.63, 3.8) is 0 Å². The summed E-state index contributed by atoms with van der Waals surface area (Å²) in [6.45, 7) is 19.3. The summed E-state index contributed by atoms with van der Waals surface area (Å²) in [5.41, 5.74) is 0.516. The molecule has 1 aliphatic carbocycles. The molecule has 1 rings (SSSR count). The van der Waals surface area contributed by atoms with Crippen LogP contribution in [-0.4, -0.2) is 7.28 Å². The molecule has 135 valence electrons. The fourth-order valence-corrected chi connectivity index (χ4v) is 4.49. The maximum absolute atomic E-state index is 2.54. The van der Waals surface area contributed by atoms with Gasteiger partial charge in [-0.2, -0.15) is 0 Å². The highest BCUT2D eigenvalue weighted by molar-refractivity contribution is 6.35. The number of hydrogen-bond acceptors (Lipinski definition) is 0. The van der Waals surface area contributed by atoms with Gasteiger partial charge in [0.1, 0.15) is 7.28 Å². The van der Waals surface area contributed by atoms with Crippen molar-refractivity contribution in [2.75, 3.05) is 0 Å². The zero-order valence-corrected chi connectivity index (χ0v) is 17.5. The Balaban J connectivity index is 2.39. The van der Waals surface area contributed by atoms with E-state index in [0.29, 0.717) is 5.41 Å². The molecule has 1 radical (unpaired) electrons. The normalized spacial score (nSPS) is 26.3. The highest BCUT2D eigenvalue weighted by Crippen LogP contribution is 2.45. The van der Waals surface area contributed by atoms with Crippen LogP contribution in [0, 0.1) is 35.0 Å². The summed E-state index contributed by atoms with van der Waals surface area (Å²) >= 11 is 0. The molecule has 0 N–H and O–H groups in total. The Labute approximate surface area is 148 Å². The maximum atomic E-state index is 2.54. The standard InChI is InChI=1S/C22H44B/c1-16(2)19(12-10-18(4)23-8)11-9-17(3)20-13-14-21(15-20)22(5,6)7/h16-21H,9-15H2,1-8H3. The second kappa shape index (κ2) is 9.52. The van der Waals surface area contributed by atoms with Gasteiger partial charge in [-0.15, -0.1) is 0 Å². The third-order valence-corrected chi connectivity index (χ3v) is 7.00. The van der Waals surface area contributed by atoms with Crippen molar-refractivity contribution in [2.45, 2.75) is 106 Å². The van der Waals surface area contributed by atoms with Gasteiger partial charge in [-0.3, -0.25) is 0 Å². The molecule has 0 aromatic carbocycles. The molecule has 0 spiro atoms. The second-order valence-corrected chi connectivity index (χ2v) is 10.1. The molecule has 0 aliphatic heterocycles. The summed E-state index contributed by atoms with van der Waals surface area (Å²) in [7, 11) is 2.37. The summed E-state index contributed by atoms with van der Waals surface area (Å²) in [6, 6.07) is 0. The molecule has 1 saturated carbocycles. The zero-order valence-electron chi connectivity index (χ0n) is 17.5. The first-order valence-corrected chi connectivity index (χ1v) is 10.4. The molecule has 0 amide bonds. The lowest BCUT2D eigenvalue weighted by Crippen LogP contribution is -2.19. The molecule has 23 heavy (non-hydrogen) atoms. The van der Waals surface area contributed by atoms with Crippen molar-refractivity contribution in [3.05, 3.63) is 0 Å². The summed E-state index contributed by atoms with van der Waals surface area (Å²) in [5.74, 6) is 5.44. The van der Waals surface area contributed by atoms with Gasteiger partial charge in [-0.05, 0) is 60.7 Å². The van der Waals surface area contributed by atoms with Gasteiger partial charge in [0.2, 0.25) is 0 Å². The van der Waals surface area contributed by atoms with Gasteiger partial charge in [0, 0.05) is 0 Å². The van der Waals surface area contributed by atoms with Gasteiger partial charge in [0.05, 0.1) is 0 Å². The average molecular weight is 319 g/mol. The highest BCUT2D eigenvalue weighted by atomic mass is 14.4. The van der Waals surface area contributed by atoms with E-state index in [0.717, 1.165) is 35.4 Å². The van der Waals surface area contributed by atoms with Gasteiger partial charge in [0.15, 0.2) is 0 Å². The minimum absolute atomic E-state index is 0.516. The first kappa shape index (κ1) is 21.1. The molecule has 0 heterocycles. The molecule has 5 atom stereocenters. The third kappa shape index (κ3) is 7.22. The monoisotopic (exact) mass is 319 g/mol. The summed E-state index contributed by atoms with van der Waals surface area (Å²) in [5, 5.41) is 0. The van der Waals surface area contributed by atoms with E-state index in [1.54, 1.807) is 0 Å². The third-order valence-electron chi connectivity index (χ3n) is 7.00. The molecule has 0 saturated heterocycles. The molecular formula is C22H44B. The van der Waals surface area contributed by atoms with Crippen LogP contribution >= 0.6 is 0 Å². The van der Waals surface area contributed by atoms with Crippen LogP contribution < -0.4 is 0 Å². The Morgan fingerprint density at radius 3 is 2.00 bits per heavy atom. The quantitative estimate of drug-likeness (QED) is 0.386. The van der Waals surface area contributed by atoms with E-state index in [2.05, 4.69) is 62.6 Å². The van der Waals surface area contributed by atoms with Crippen LogP contribution in [0.15, 0.2) is 0 Å². The first-order chi connectivity index (χ1) is 10.6. The van der Waals surface area contributed by atoms with Gasteiger partial charge < -0.3 is 0 Å². The predicted molar refractivity (Wildman–Crippen MR) is 107 cm³/mol. The fraction of sp³-hybridized carbons (Fsp3) is 1.00. The molecule has 0 bridgehead atoms. The van der Waals surface area contributed by atoms with Crippen LogP contribution in [-0.2, 0) is 0 Å². The average Bonchev–Trinajstić information content (AvgIpc) is 2.96. The van der Waals surface area contributed by atoms with Crippen LogP contribution in [0.3, 0.4) is 0 Å². The molecule has 1 heteroatoms. The largest absolute Gasteiger partial charge is 0.109 e. The van der Waals surface area contributed by atoms with Crippen molar-refractivity contribution in [3.8, 4) is 0 Å². The molecule has 0 aromatic rings. The molecule has 1 fully saturated rings. The van der Waals surface area contributed by atoms with E-state index in [9.17, 15) is 0 Å². The lowest BCUT2D eigenvalue weighted by Gasteiger charge is -2.29. The van der Waals surface area contributed by atoms with Crippen molar-refractivity contribution in [2.24, 2.45) is 35.0 Å². The maximum Gasteiger partial charge on any atom is 0.109 e. The topological polar surface area (TPSA) is 0 Å². The number of rotatable bonds is 9. The summed E-state index contributed by atoms with van der Waals surface area (Å²) in [6.07, 6.45) is 10.1. The minimum atomic E-state index is 0.516. The molecule has 0 aromatic heterocycles. The lowest BCUT2D eigenvalue weighted by atomic mass is 9.65. The highest BCUT2D eigenvalue weighted by Gasteiger charge is 2.35. The molecule has 0 nitrogen and oxygen atoms in total. The van der Waals surface area contributed by atoms with E-state index in [-0.39, 0.29) is 0 Å². The molecular weight excluding hydrogens is 275 g/mol. The molecule has 5 unspecified atom stereocenters. The number of hydrogen-bond donors (Lipinski definition) is 0. The van der Waals surface area contributed by atoms with Crippen LogP contribution in [0.25, 0.3) is 0 Å². The SMILES string of the molecule is C[B]C(C)CCC(CCC(C)C1CCC(C(C)(C)C)C1)C(C)C. The second-order valence-electron chi connectivity index (χ2n) is 10.1. The van der Waals surface area contributed by atoms with Gasteiger partial charge in [0.25, 0.3) is 0 Å². The van der Waals surface area contributed by atoms with Crippen LogP contribution in [0.4, 0.5) is 0 Å². The van der Waals surface area contributed by atoms with Crippen LogP contribution in [0.2, 0.25) is 12.6 Å². The van der Waals surface area contributed by atoms with E-state index < -0.39 is 0 Å². The summed E-state index contributed by atoms with van der Waals surface area (Å²) in [4.78, 5) is 0. The van der Waals surface area contributed by atoms with E-state index in [1.807, 2.05) is 0 Å². The van der Waals surface area contributed by atoms with E-state index in [1.165, 1.54) is 44.9 Å². The fourth-order valence-electron chi connectivity index (χ4n) is 4.49. The first-order valence-electron chi connectivity index (χ1n) is 10.4. The Morgan fingerprint density at radius 1 is 0.913 bits per heavy atom. The van der Waals surface area contributed by atoms with Crippen molar-refractivity contribution in [1.82, 2.24) is 0 Å². The Kier molecular flexibility index (Phi) is 8.74. The Hall–Kier alpha value is 0.0649. The lowest BCUT2D eigenvalue weighted by molar-refractivity contribution is 0.218. The van der Waals surface area contributed by atoms with Gasteiger partial charge >= 0.3 is 0 Å². The smallest absolute Gasteiger partial charge is 0.0917 e. The minimum Gasteiger partial charge on any atom is -0.0917 e. The van der Waals surface area contributed by atoms with Crippen molar-refractivity contribution in [1.29, 1.82) is 0 Å². The van der Waals surface area contributed by atoms with Crippen molar-refractivity contribution < 1.29 is 0 Å². The summed E-state index contributed by atoms with van der Waals surface area (Å²) < 4.78 is 0. The Morgan fingerprint density at radius 2 is 1.52 bits per heavy atom. The zero-order chi connectivity index (χ0) is 17.6. The van der Waals surface area contributed by atoms with Crippen LogP contribution in [0.5, 0.6) is 0 Å². The van der Waals surface area contributed by atoms with E-state index in [4.69, 9.17) is 0 Å². The van der Waals surface area contributed by atoms with Crippen LogP contribution in [0.1, 0.15) is 93.4 Å². The van der Waals surface area contributed by atoms with Gasteiger partial charge in [-0.1, -0.05) is 80.4 Å². The Bertz CT molecular complexity index is 314. The van der Waals surface area contributed by atoms with E-state index >= 15 is 0 Å². The van der Waals surface area contributed by atoms with Crippen molar-refractivity contribution >= 4 is 7.28 Å². The predicted octanol–water partition coefficient (Wildman–Crippen LogP) is 7.48.